The molecule has 26 heavy (non-hydrogen) atoms. The van der Waals surface area contributed by atoms with E-state index in [-0.39, 0.29) is 12.1 Å². The highest BCUT2D eigenvalue weighted by Gasteiger charge is 2.44. The van der Waals surface area contributed by atoms with E-state index in [1.54, 1.807) is 0 Å². The number of carbonyl (C=O) groups is 1. The molecule has 2 saturated heterocycles. The fourth-order valence-electron chi connectivity index (χ4n) is 4.89. The summed E-state index contributed by atoms with van der Waals surface area (Å²) in [7, 11) is 0. The van der Waals surface area contributed by atoms with Crippen molar-refractivity contribution >= 4 is 5.97 Å². The number of carboxylic acids is 1. The Labute approximate surface area is 155 Å². The van der Waals surface area contributed by atoms with E-state index < -0.39 is 5.97 Å². The molecule has 1 aliphatic carbocycles. The van der Waals surface area contributed by atoms with Crippen LogP contribution >= 0.6 is 0 Å². The smallest absolute Gasteiger partial charge is 0.320 e. The summed E-state index contributed by atoms with van der Waals surface area (Å²) < 4.78 is 11.4. The summed E-state index contributed by atoms with van der Waals surface area (Å²) in [4.78, 5) is 14.0. The predicted octanol–water partition coefficient (Wildman–Crippen LogP) is 3.46. The number of benzene rings is 1. The first-order valence-electron chi connectivity index (χ1n) is 10.0. The van der Waals surface area contributed by atoms with Gasteiger partial charge in [-0.15, -0.1) is 0 Å². The summed E-state index contributed by atoms with van der Waals surface area (Å²) in [6.45, 7) is 2.16. The van der Waals surface area contributed by atoms with Crippen molar-refractivity contribution in [1.82, 2.24) is 4.90 Å². The Morgan fingerprint density at radius 3 is 2.69 bits per heavy atom. The molecule has 4 unspecified atom stereocenters. The van der Waals surface area contributed by atoms with Crippen molar-refractivity contribution in [2.75, 3.05) is 13.2 Å². The van der Waals surface area contributed by atoms with Crippen LogP contribution in [0.1, 0.15) is 50.5 Å². The summed E-state index contributed by atoms with van der Waals surface area (Å²) in [5.41, 5.74) is 1.16. The van der Waals surface area contributed by atoms with Gasteiger partial charge >= 0.3 is 5.97 Å². The van der Waals surface area contributed by atoms with Crippen molar-refractivity contribution < 1.29 is 19.4 Å². The molecular formula is C21H29NO4. The summed E-state index contributed by atoms with van der Waals surface area (Å²) in [6, 6.07) is 8.22. The monoisotopic (exact) mass is 359 g/mol. The molecule has 3 fully saturated rings. The third-order valence-corrected chi connectivity index (χ3v) is 6.25. The lowest BCUT2D eigenvalue weighted by molar-refractivity contribution is -0.142. The van der Waals surface area contributed by atoms with Crippen molar-refractivity contribution in [3.63, 3.8) is 0 Å². The molecule has 5 nitrogen and oxygen atoms in total. The first kappa shape index (κ1) is 17.8. The lowest BCUT2D eigenvalue weighted by atomic mass is 9.84. The lowest BCUT2D eigenvalue weighted by Gasteiger charge is -2.33. The van der Waals surface area contributed by atoms with E-state index in [2.05, 4.69) is 17.0 Å². The molecule has 0 amide bonds. The molecular weight excluding hydrogens is 330 g/mol. The number of nitrogens with zero attached hydrogens (tertiary/aromatic N) is 1. The molecule has 3 aliphatic rings. The number of fused-ring (bicyclic) bond motifs is 1. The van der Waals surface area contributed by atoms with Gasteiger partial charge in [-0.2, -0.15) is 0 Å². The Morgan fingerprint density at radius 2 is 1.96 bits per heavy atom. The van der Waals surface area contributed by atoms with Crippen LogP contribution in [0.15, 0.2) is 24.3 Å². The number of likely N-dealkylation sites (tertiary alicyclic amines) is 1. The van der Waals surface area contributed by atoms with Gasteiger partial charge in [0.05, 0.1) is 6.10 Å². The van der Waals surface area contributed by atoms with Gasteiger partial charge in [0.1, 0.15) is 18.4 Å². The maximum atomic E-state index is 11.7. The Bertz CT molecular complexity index is 611. The summed E-state index contributed by atoms with van der Waals surface area (Å²) in [5.74, 6) is 0.741. The zero-order chi connectivity index (χ0) is 17.9. The molecule has 1 aromatic carbocycles. The van der Waals surface area contributed by atoms with Crippen molar-refractivity contribution in [3.8, 4) is 5.75 Å². The standard InChI is InChI=1S/C21H29NO4/c23-21(24)20-12-16-4-1-2-6-19(16)22(20)13-15-7-9-17(10-8-15)26-14-18-5-3-11-25-18/h7-10,16,18-20H,1-6,11-14H2,(H,23,24). The highest BCUT2D eigenvalue weighted by Crippen LogP contribution is 2.40. The van der Waals surface area contributed by atoms with Crippen LogP contribution < -0.4 is 4.74 Å². The second-order valence-electron chi connectivity index (χ2n) is 7.96. The summed E-state index contributed by atoms with van der Waals surface area (Å²) in [5, 5.41) is 9.65. The van der Waals surface area contributed by atoms with Gasteiger partial charge in [0, 0.05) is 19.2 Å². The second-order valence-corrected chi connectivity index (χ2v) is 7.96. The predicted molar refractivity (Wildman–Crippen MR) is 98.2 cm³/mol. The van der Waals surface area contributed by atoms with E-state index in [1.807, 2.05) is 12.1 Å². The maximum absolute atomic E-state index is 11.7. The minimum Gasteiger partial charge on any atom is -0.491 e. The third-order valence-electron chi connectivity index (χ3n) is 6.25. The van der Waals surface area contributed by atoms with E-state index in [0.29, 0.717) is 25.1 Å². The minimum atomic E-state index is -0.670. The fraction of sp³-hybridized carbons (Fsp3) is 0.667. The van der Waals surface area contributed by atoms with Crippen molar-refractivity contribution in [1.29, 1.82) is 0 Å². The van der Waals surface area contributed by atoms with Crippen LogP contribution in [0.5, 0.6) is 5.75 Å². The van der Waals surface area contributed by atoms with Crippen LogP contribution in [0, 0.1) is 5.92 Å². The number of aliphatic carboxylic acids is 1. The molecule has 0 aromatic heterocycles. The number of hydrogen-bond acceptors (Lipinski definition) is 4. The maximum Gasteiger partial charge on any atom is 0.320 e. The molecule has 4 atom stereocenters. The SMILES string of the molecule is O=C(O)C1CC2CCCCC2N1Cc1ccc(OCC2CCCO2)cc1. The van der Waals surface area contributed by atoms with Gasteiger partial charge in [0.25, 0.3) is 0 Å². The molecule has 0 bridgehead atoms. The van der Waals surface area contributed by atoms with Crippen LogP contribution in [0.3, 0.4) is 0 Å². The third kappa shape index (κ3) is 3.89. The number of rotatable bonds is 6. The van der Waals surface area contributed by atoms with Crippen LogP contribution in [-0.2, 0) is 16.1 Å². The van der Waals surface area contributed by atoms with Gasteiger partial charge < -0.3 is 14.6 Å². The van der Waals surface area contributed by atoms with E-state index >= 15 is 0 Å². The summed E-state index contributed by atoms with van der Waals surface area (Å²) in [6.07, 6.45) is 8.01. The zero-order valence-electron chi connectivity index (χ0n) is 15.3. The Morgan fingerprint density at radius 1 is 1.15 bits per heavy atom. The lowest BCUT2D eigenvalue weighted by Crippen LogP contribution is -2.41. The van der Waals surface area contributed by atoms with Gasteiger partial charge in [0.2, 0.25) is 0 Å². The first-order chi connectivity index (χ1) is 12.7. The van der Waals surface area contributed by atoms with Crippen LogP contribution in [0.25, 0.3) is 0 Å². The van der Waals surface area contributed by atoms with Crippen molar-refractivity contribution in [3.05, 3.63) is 29.8 Å². The van der Waals surface area contributed by atoms with Gasteiger partial charge in [-0.1, -0.05) is 25.0 Å². The van der Waals surface area contributed by atoms with E-state index in [0.717, 1.165) is 43.6 Å². The van der Waals surface area contributed by atoms with Crippen LogP contribution in [0.4, 0.5) is 0 Å². The molecule has 5 heteroatoms. The number of carboxylic acid groups (broad SMARTS) is 1. The molecule has 4 rings (SSSR count). The Hall–Kier alpha value is -1.59. The highest BCUT2D eigenvalue weighted by molar-refractivity contribution is 5.74. The van der Waals surface area contributed by atoms with E-state index in [9.17, 15) is 9.90 Å². The van der Waals surface area contributed by atoms with Gasteiger partial charge in [-0.3, -0.25) is 9.69 Å². The molecule has 1 N–H and O–H groups in total. The Kier molecular flexibility index (Phi) is 5.46. The minimum absolute atomic E-state index is 0.221. The van der Waals surface area contributed by atoms with Crippen molar-refractivity contribution in [2.45, 2.75) is 69.7 Å². The molecule has 142 valence electrons. The van der Waals surface area contributed by atoms with Crippen LogP contribution in [-0.4, -0.2) is 47.4 Å². The average molecular weight is 359 g/mol. The van der Waals surface area contributed by atoms with Crippen LogP contribution in [0.2, 0.25) is 0 Å². The molecule has 0 spiro atoms. The summed E-state index contributed by atoms with van der Waals surface area (Å²) >= 11 is 0. The molecule has 0 radical (unpaired) electrons. The largest absolute Gasteiger partial charge is 0.491 e. The molecule has 1 saturated carbocycles. The van der Waals surface area contributed by atoms with Gasteiger partial charge in [0.15, 0.2) is 0 Å². The molecule has 1 aromatic rings. The van der Waals surface area contributed by atoms with E-state index in [4.69, 9.17) is 9.47 Å². The van der Waals surface area contributed by atoms with Crippen molar-refractivity contribution in [2.24, 2.45) is 5.92 Å². The normalized spacial score (nSPS) is 31.7. The zero-order valence-corrected chi connectivity index (χ0v) is 15.3. The fourth-order valence-corrected chi connectivity index (χ4v) is 4.89. The second kappa shape index (κ2) is 7.97. The number of hydrogen-bond donors (Lipinski definition) is 1. The topological polar surface area (TPSA) is 59.0 Å². The highest BCUT2D eigenvalue weighted by atomic mass is 16.5. The molecule has 2 heterocycles. The molecule has 2 aliphatic heterocycles. The van der Waals surface area contributed by atoms with Gasteiger partial charge in [-0.25, -0.2) is 0 Å². The average Bonchev–Trinajstić information content (AvgIpc) is 3.29. The van der Waals surface area contributed by atoms with E-state index in [1.165, 1.54) is 19.3 Å². The van der Waals surface area contributed by atoms with Gasteiger partial charge in [-0.05, 0) is 55.7 Å². The number of ether oxygens (including phenoxy) is 2. The Balaban J connectivity index is 1.38. The first-order valence-corrected chi connectivity index (χ1v) is 10.0. The quantitative estimate of drug-likeness (QED) is 0.843.